The molecule has 0 aliphatic rings. The zero-order chi connectivity index (χ0) is 24.3. The first-order valence-corrected chi connectivity index (χ1v) is 12.6. The summed E-state index contributed by atoms with van der Waals surface area (Å²) in [4.78, 5) is 17.8. The summed E-state index contributed by atoms with van der Waals surface area (Å²) in [5.74, 6) is -0.378. The van der Waals surface area contributed by atoms with Gasteiger partial charge < -0.3 is 0 Å². The maximum atomic E-state index is 13.1. The van der Waals surface area contributed by atoms with Crippen LogP contribution in [-0.4, -0.2) is 31.3 Å². The zero-order valence-electron chi connectivity index (χ0n) is 18.4. The molecule has 0 radical (unpaired) electrons. The number of fused-ring (bicyclic) bond motifs is 1. The van der Waals surface area contributed by atoms with Crippen LogP contribution in [0.5, 0.6) is 0 Å². The molecular weight excluding hydrogens is 472 g/mol. The fourth-order valence-corrected chi connectivity index (χ4v) is 4.17. The summed E-state index contributed by atoms with van der Waals surface area (Å²) in [5, 5.41) is 5.52. The molecule has 1 aromatic heterocycles. The van der Waals surface area contributed by atoms with E-state index in [1.165, 1.54) is 0 Å². The third-order valence-electron chi connectivity index (χ3n) is 5.01. The van der Waals surface area contributed by atoms with Crippen molar-refractivity contribution in [3.8, 4) is 11.3 Å². The molecule has 0 unspecified atom stereocenters. The van der Waals surface area contributed by atoms with Gasteiger partial charge in [-0.3, -0.25) is 9.52 Å². The van der Waals surface area contributed by atoms with E-state index in [9.17, 15) is 13.2 Å². The second-order valence-electron chi connectivity index (χ2n) is 7.67. The summed E-state index contributed by atoms with van der Waals surface area (Å²) in [6, 6.07) is 23.1. The number of carbonyl (C=O) groups excluding carboxylic acids is 1. The normalized spacial score (nSPS) is 11.9. The number of hydrazone groups is 1. The van der Waals surface area contributed by atoms with E-state index in [4.69, 9.17) is 11.6 Å². The summed E-state index contributed by atoms with van der Waals surface area (Å²) in [6.07, 6.45) is 1.09. The predicted molar refractivity (Wildman–Crippen MR) is 137 cm³/mol. The maximum Gasteiger partial charge on any atom is 0.272 e. The van der Waals surface area contributed by atoms with Crippen LogP contribution in [0, 0.1) is 0 Å². The van der Waals surface area contributed by atoms with Crippen LogP contribution >= 0.6 is 11.6 Å². The first kappa shape index (κ1) is 23.4. The van der Waals surface area contributed by atoms with Crippen molar-refractivity contribution in [1.29, 1.82) is 0 Å². The molecule has 0 aliphatic heterocycles. The second-order valence-corrected chi connectivity index (χ2v) is 9.86. The SMILES string of the molecule is C/C(=N\NC(=O)c1cc(-c2cccc(Cl)c2)nc2ccccc12)c1ccc(NS(C)(=O)=O)cc1. The van der Waals surface area contributed by atoms with Gasteiger partial charge in [0.25, 0.3) is 5.91 Å². The minimum Gasteiger partial charge on any atom is -0.284 e. The largest absolute Gasteiger partial charge is 0.284 e. The van der Waals surface area contributed by atoms with Crippen LogP contribution in [0.4, 0.5) is 5.69 Å². The number of nitrogens with zero attached hydrogens (tertiary/aromatic N) is 2. The standard InChI is InChI=1S/C25H21ClN4O3S/c1-16(17-10-12-20(13-11-17)30-34(2,32)33)28-29-25(31)22-15-24(18-6-5-7-19(26)14-18)27-23-9-4-3-8-21(22)23/h3-15,30H,1-2H3,(H,29,31)/b28-16+. The Hall–Kier alpha value is -3.75. The molecule has 0 atom stereocenters. The van der Waals surface area contributed by atoms with Crippen molar-refractivity contribution in [2.75, 3.05) is 11.0 Å². The summed E-state index contributed by atoms with van der Waals surface area (Å²) >= 11 is 6.14. The van der Waals surface area contributed by atoms with E-state index in [0.717, 1.165) is 17.4 Å². The fourth-order valence-electron chi connectivity index (χ4n) is 3.41. The van der Waals surface area contributed by atoms with E-state index >= 15 is 0 Å². The smallest absolute Gasteiger partial charge is 0.272 e. The van der Waals surface area contributed by atoms with Gasteiger partial charge in [-0.1, -0.05) is 54.1 Å². The van der Waals surface area contributed by atoms with Crippen molar-refractivity contribution in [2.45, 2.75) is 6.92 Å². The maximum absolute atomic E-state index is 13.1. The van der Waals surface area contributed by atoms with Crippen molar-refractivity contribution in [2.24, 2.45) is 5.10 Å². The Labute approximate surface area is 202 Å². The van der Waals surface area contributed by atoms with Gasteiger partial charge in [-0.05, 0) is 48.9 Å². The number of hydrogen-bond donors (Lipinski definition) is 2. The van der Waals surface area contributed by atoms with E-state index < -0.39 is 10.0 Å². The molecule has 0 saturated carbocycles. The van der Waals surface area contributed by atoms with Crippen LogP contribution in [-0.2, 0) is 10.0 Å². The summed E-state index contributed by atoms with van der Waals surface area (Å²) in [6.45, 7) is 1.75. The van der Waals surface area contributed by atoms with E-state index in [2.05, 4.69) is 20.2 Å². The van der Waals surface area contributed by atoms with Gasteiger partial charge in [0, 0.05) is 21.7 Å². The Bertz CT molecular complexity index is 1520. The number of hydrogen-bond acceptors (Lipinski definition) is 5. The Kier molecular flexibility index (Phi) is 6.63. The molecular formula is C25H21ClN4O3S. The quantitative estimate of drug-likeness (QED) is 0.289. The van der Waals surface area contributed by atoms with Crippen LogP contribution in [0.2, 0.25) is 5.02 Å². The van der Waals surface area contributed by atoms with Gasteiger partial charge in [-0.25, -0.2) is 18.8 Å². The van der Waals surface area contributed by atoms with Crippen molar-refractivity contribution in [1.82, 2.24) is 10.4 Å². The average Bonchev–Trinajstić information content (AvgIpc) is 2.81. The first-order valence-electron chi connectivity index (χ1n) is 10.3. The lowest BCUT2D eigenvalue weighted by Gasteiger charge is -2.10. The number of nitrogens with one attached hydrogen (secondary N) is 2. The van der Waals surface area contributed by atoms with E-state index in [1.807, 2.05) is 36.4 Å². The monoisotopic (exact) mass is 492 g/mol. The molecule has 1 heterocycles. The second kappa shape index (κ2) is 9.62. The van der Waals surface area contributed by atoms with Gasteiger partial charge in [0.05, 0.1) is 28.7 Å². The van der Waals surface area contributed by atoms with Crippen LogP contribution in [0.15, 0.2) is 84.0 Å². The molecule has 34 heavy (non-hydrogen) atoms. The van der Waals surface area contributed by atoms with Crippen LogP contribution in [0.3, 0.4) is 0 Å². The molecule has 0 bridgehead atoms. The number of anilines is 1. The lowest BCUT2D eigenvalue weighted by Crippen LogP contribution is -2.20. The van der Waals surface area contributed by atoms with Gasteiger partial charge in [-0.15, -0.1) is 0 Å². The van der Waals surface area contributed by atoms with Crippen molar-refractivity contribution >= 4 is 49.8 Å². The molecule has 1 amide bonds. The number of halogens is 1. The minimum atomic E-state index is -3.36. The highest BCUT2D eigenvalue weighted by Gasteiger charge is 2.14. The Morgan fingerprint density at radius 3 is 2.41 bits per heavy atom. The molecule has 0 aliphatic carbocycles. The first-order chi connectivity index (χ1) is 16.2. The number of sulfonamides is 1. The lowest BCUT2D eigenvalue weighted by atomic mass is 10.0. The average molecular weight is 493 g/mol. The van der Waals surface area contributed by atoms with Gasteiger partial charge in [0.15, 0.2) is 0 Å². The lowest BCUT2D eigenvalue weighted by molar-refractivity contribution is 0.0956. The number of amides is 1. The van der Waals surface area contributed by atoms with E-state index in [-0.39, 0.29) is 5.91 Å². The highest BCUT2D eigenvalue weighted by atomic mass is 35.5. The molecule has 9 heteroatoms. The number of benzene rings is 3. The van der Waals surface area contributed by atoms with Crippen LogP contribution in [0.25, 0.3) is 22.2 Å². The molecule has 4 rings (SSSR count). The summed E-state index contributed by atoms with van der Waals surface area (Å²) in [5.41, 5.74) is 6.90. The Balaban J connectivity index is 1.62. The number of carbonyl (C=O) groups is 1. The van der Waals surface area contributed by atoms with Crippen LogP contribution in [0.1, 0.15) is 22.8 Å². The zero-order valence-corrected chi connectivity index (χ0v) is 20.0. The number of para-hydroxylation sites is 1. The number of aromatic nitrogens is 1. The third kappa shape index (κ3) is 5.59. The van der Waals surface area contributed by atoms with Crippen LogP contribution < -0.4 is 10.1 Å². The summed E-state index contributed by atoms with van der Waals surface area (Å²) < 4.78 is 25.1. The Morgan fingerprint density at radius 2 is 1.71 bits per heavy atom. The highest BCUT2D eigenvalue weighted by Crippen LogP contribution is 2.26. The fraction of sp³-hybridized carbons (Fsp3) is 0.0800. The van der Waals surface area contributed by atoms with Gasteiger partial charge in [0.2, 0.25) is 10.0 Å². The summed E-state index contributed by atoms with van der Waals surface area (Å²) in [7, 11) is -3.36. The van der Waals surface area contributed by atoms with Crippen molar-refractivity contribution < 1.29 is 13.2 Å². The predicted octanol–water partition coefficient (Wildman–Crippen LogP) is 5.08. The molecule has 0 spiro atoms. The molecule has 0 saturated heterocycles. The third-order valence-corrected chi connectivity index (χ3v) is 5.85. The molecule has 3 aromatic carbocycles. The highest BCUT2D eigenvalue weighted by molar-refractivity contribution is 7.92. The van der Waals surface area contributed by atoms with Gasteiger partial charge >= 0.3 is 0 Å². The van der Waals surface area contributed by atoms with Crippen molar-refractivity contribution in [3.63, 3.8) is 0 Å². The topological polar surface area (TPSA) is 101 Å². The number of pyridine rings is 1. The molecule has 2 N–H and O–H groups in total. The van der Waals surface area contributed by atoms with Gasteiger partial charge in [0.1, 0.15) is 0 Å². The minimum absolute atomic E-state index is 0.378. The number of rotatable bonds is 6. The molecule has 7 nitrogen and oxygen atoms in total. The molecule has 172 valence electrons. The van der Waals surface area contributed by atoms with E-state index in [1.54, 1.807) is 49.4 Å². The molecule has 0 fully saturated rings. The van der Waals surface area contributed by atoms with Gasteiger partial charge in [-0.2, -0.15) is 5.10 Å². The van der Waals surface area contributed by atoms with Crippen molar-refractivity contribution in [3.05, 3.63) is 95.0 Å². The molecule has 4 aromatic rings. The Morgan fingerprint density at radius 1 is 0.971 bits per heavy atom. The van der Waals surface area contributed by atoms with E-state index in [0.29, 0.717) is 38.6 Å².